The van der Waals surface area contributed by atoms with Crippen molar-refractivity contribution in [3.05, 3.63) is 74.0 Å². The number of benzene rings is 2. The van der Waals surface area contributed by atoms with Gasteiger partial charge < -0.3 is 15.0 Å². The fourth-order valence-corrected chi connectivity index (χ4v) is 4.09. The van der Waals surface area contributed by atoms with E-state index in [2.05, 4.69) is 10.3 Å². The third-order valence-electron chi connectivity index (χ3n) is 5.51. The number of nitrogens with one attached hydrogen (secondary N) is 2. The van der Waals surface area contributed by atoms with Gasteiger partial charge in [0.05, 0.1) is 29.6 Å². The molecule has 2 N–H and O–H groups in total. The first-order valence-electron chi connectivity index (χ1n) is 9.91. The van der Waals surface area contributed by atoms with Gasteiger partial charge in [0, 0.05) is 37.3 Å². The number of carbonyl (C=O) groups is 1. The molecule has 0 spiro atoms. The summed E-state index contributed by atoms with van der Waals surface area (Å²) in [6.45, 7) is 3.87. The first kappa shape index (κ1) is 20.4. The Hall–Kier alpha value is -2.83. The molecule has 30 heavy (non-hydrogen) atoms. The van der Waals surface area contributed by atoms with Gasteiger partial charge in [-0.15, -0.1) is 0 Å². The molecule has 0 atom stereocenters. The number of aromatic amines is 1. The highest BCUT2D eigenvalue weighted by Gasteiger charge is 2.24. The van der Waals surface area contributed by atoms with E-state index in [0.717, 1.165) is 11.3 Å². The van der Waals surface area contributed by atoms with Crippen molar-refractivity contribution in [2.75, 3.05) is 20.2 Å². The third-order valence-corrected chi connectivity index (χ3v) is 5.83. The van der Waals surface area contributed by atoms with E-state index in [1.807, 2.05) is 36.1 Å². The van der Waals surface area contributed by atoms with E-state index >= 15 is 0 Å². The largest absolute Gasteiger partial charge is 0.495 e. The van der Waals surface area contributed by atoms with Crippen LogP contribution < -0.4 is 15.5 Å². The molecule has 0 saturated heterocycles. The highest BCUT2D eigenvalue weighted by Crippen LogP contribution is 2.30. The fraction of sp³-hybridized carbons (Fsp3) is 0.304. The van der Waals surface area contributed by atoms with Gasteiger partial charge in [0.1, 0.15) is 5.75 Å². The summed E-state index contributed by atoms with van der Waals surface area (Å²) in [6, 6.07) is 11.5. The zero-order chi connectivity index (χ0) is 21.3. The van der Waals surface area contributed by atoms with Crippen LogP contribution in [0.5, 0.6) is 5.75 Å². The molecular weight excluding hydrogens is 402 g/mol. The van der Waals surface area contributed by atoms with Crippen molar-refractivity contribution in [3.8, 4) is 5.75 Å². The number of aryl methyl sites for hydroxylation is 1. The molecule has 4 rings (SSSR count). The molecule has 1 aromatic heterocycles. The molecule has 0 radical (unpaired) electrons. The van der Waals surface area contributed by atoms with Gasteiger partial charge in [0.25, 0.3) is 0 Å². The predicted octanol–water partition coefficient (Wildman–Crippen LogP) is 3.17. The van der Waals surface area contributed by atoms with Crippen molar-refractivity contribution in [2.24, 2.45) is 0 Å². The number of ether oxygens (including phenoxy) is 1. The molecule has 3 aromatic rings. The monoisotopic (exact) mass is 425 g/mol. The minimum atomic E-state index is -0.104. The molecule has 156 valence electrons. The molecule has 2 heterocycles. The topological polar surface area (TPSA) is 74.4 Å². The Labute approximate surface area is 179 Å². The van der Waals surface area contributed by atoms with Gasteiger partial charge in [0.15, 0.2) is 5.43 Å². The van der Waals surface area contributed by atoms with Gasteiger partial charge in [-0.3, -0.25) is 14.5 Å². The number of H-pyrrole nitrogens is 1. The summed E-state index contributed by atoms with van der Waals surface area (Å²) in [7, 11) is 1.57. The zero-order valence-electron chi connectivity index (χ0n) is 17.0. The van der Waals surface area contributed by atoms with Gasteiger partial charge in [-0.25, -0.2) is 0 Å². The Morgan fingerprint density at radius 2 is 2.00 bits per heavy atom. The van der Waals surface area contributed by atoms with Gasteiger partial charge in [-0.2, -0.15) is 0 Å². The number of aromatic nitrogens is 1. The lowest BCUT2D eigenvalue weighted by Crippen LogP contribution is -2.41. The molecule has 2 aromatic carbocycles. The predicted molar refractivity (Wildman–Crippen MR) is 118 cm³/mol. The number of hydrogen-bond acceptors (Lipinski definition) is 4. The Bertz CT molecular complexity index is 1160. The third kappa shape index (κ3) is 4.06. The number of hydrogen-bond donors (Lipinski definition) is 2. The fourth-order valence-electron chi connectivity index (χ4n) is 3.84. The number of carbonyl (C=O) groups excluding carboxylic acids is 1. The van der Waals surface area contributed by atoms with E-state index < -0.39 is 0 Å². The second-order valence-electron chi connectivity index (χ2n) is 7.63. The molecule has 0 bridgehead atoms. The van der Waals surface area contributed by atoms with E-state index in [-0.39, 0.29) is 17.9 Å². The van der Waals surface area contributed by atoms with Crippen LogP contribution in [0.3, 0.4) is 0 Å². The summed E-state index contributed by atoms with van der Waals surface area (Å²) in [4.78, 5) is 30.9. The van der Waals surface area contributed by atoms with Crippen molar-refractivity contribution >= 4 is 28.4 Å². The molecule has 0 fully saturated rings. The van der Waals surface area contributed by atoms with Gasteiger partial charge in [-0.05, 0) is 24.6 Å². The molecule has 6 nitrogen and oxygen atoms in total. The zero-order valence-corrected chi connectivity index (χ0v) is 17.8. The van der Waals surface area contributed by atoms with Crippen molar-refractivity contribution in [1.29, 1.82) is 0 Å². The number of halogens is 1. The Balaban J connectivity index is 1.49. The van der Waals surface area contributed by atoms with Crippen LogP contribution in [-0.4, -0.2) is 36.0 Å². The first-order chi connectivity index (χ1) is 14.5. The molecule has 1 amide bonds. The maximum absolute atomic E-state index is 13.1. The number of methoxy groups -OCH3 is 1. The van der Waals surface area contributed by atoms with Crippen LogP contribution in [0.2, 0.25) is 5.02 Å². The van der Waals surface area contributed by atoms with Crippen LogP contribution in [0.4, 0.5) is 0 Å². The van der Waals surface area contributed by atoms with E-state index in [1.165, 1.54) is 5.56 Å². The van der Waals surface area contributed by atoms with Crippen LogP contribution in [-0.2, 0) is 24.3 Å². The summed E-state index contributed by atoms with van der Waals surface area (Å²) < 4.78 is 5.38. The Morgan fingerprint density at radius 1 is 1.23 bits per heavy atom. The highest BCUT2D eigenvalue weighted by molar-refractivity contribution is 6.35. The van der Waals surface area contributed by atoms with Crippen molar-refractivity contribution in [1.82, 2.24) is 15.2 Å². The van der Waals surface area contributed by atoms with Crippen LogP contribution in [0.15, 0.2) is 41.2 Å². The SMILES string of the molecule is COc1ccc(Cl)c2c(=O)c3c([nH]c12)CCN(CC(=O)NCc1ccc(C)cc1)C3. The number of rotatable bonds is 5. The summed E-state index contributed by atoms with van der Waals surface area (Å²) in [6.07, 6.45) is 0.654. The summed E-state index contributed by atoms with van der Waals surface area (Å²) in [5, 5.41) is 3.78. The lowest BCUT2D eigenvalue weighted by atomic mass is 10.0. The molecule has 7 heteroatoms. The average molecular weight is 426 g/mol. The van der Waals surface area contributed by atoms with Gasteiger partial charge in [-0.1, -0.05) is 41.4 Å². The van der Waals surface area contributed by atoms with E-state index in [0.29, 0.717) is 53.3 Å². The highest BCUT2D eigenvalue weighted by atomic mass is 35.5. The molecule has 1 aliphatic heterocycles. The summed E-state index contributed by atoms with van der Waals surface area (Å²) in [5.74, 6) is 0.531. The first-order valence-corrected chi connectivity index (χ1v) is 10.3. The number of amides is 1. The standard InChI is InChI=1S/C23H24ClN3O3/c1-14-3-5-15(6-4-14)11-25-20(28)13-27-10-9-18-16(12-27)23(29)21-17(24)7-8-19(30-2)22(21)26-18/h3-8H,9-13H2,1-2H3,(H,25,28)(H,26,29). The van der Waals surface area contributed by atoms with Crippen molar-refractivity contribution < 1.29 is 9.53 Å². The minimum Gasteiger partial charge on any atom is -0.495 e. The quantitative estimate of drug-likeness (QED) is 0.658. The molecule has 1 aliphatic rings. The second kappa shape index (κ2) is 8.50. The van der Waals surface area contributed by atoms with Crippen molar-refractivity contribution in [3.63, 3.8) is 0 Å². The van der Waals surface area contributed by atoms with Gasteiger partial charge >= 0.3 is 0 Å². The van der Waals surface area contributed by atoms with E-state index in [9.17, 15) is 9.59 Å². The van der Waals surface area contributed by atoms with Crippen LogP contribution >= 0.6 is 11.6 Å². The van der Waals surface area contributed by atoms with Crippen LogP contribution in [0.1, 0.15) is 22.4 Å². The van der Waals surface area contributed by atoms with Gasteiger partial charge in [0.2, 0.25) is 5.91 Å². The average Bonchev–Trinajstić information content (AvgIpc) is 2.74. The minimum absolute atomic E-state index is 0.0593. The molecule has 0 unspecified atom stereocenters. The summed E-state index contributed by atoms with van der Waals surface area (Å²) >= 11 is 6.31. The lowest BCUT2D eigenvalue weighted by Gasteiger charge is -2.28. The normalized spacial score (nSPS) is 13.8. The van der Waals surface area contributed by atoms with E-state index in [4.69, 9.17) is 16.3 Å². The number of nitrogens with zero attached hydrogens (tertiary/aromatic N) is 1. The van der Waals surface area contributed by atoms with Crippen LogP contribution in [0, 0.1) is 6.92 Å². The molecular formula is C23H24ClN3O3. The Kier molecular flexibility index (Phi) is 5.79. The smallest absolute Gasteiger partial charge is 0.234 e. The number of fused-ring (bicyclic) bond motifs is 2. The number of pyridine rings is 1. The Morgan fingerprint density at radius 3 is 2.73 bits per heavy atom. The summed E-state index contributed by atoms with van der Waals surface area (Å²) in [5.41, 5.74) is 4.31. The second-order valence-corrected chi connectivity index (χ2v) is 8.04. The van der Waals surface area contributed by atoms with E-state index in [1.54, 1.807) is 19.2 Å². The maximum Gasteiger partial charge on any atom is 0.234 e. The van der Waals surface area contributed by atoms with Crippen molar-refractivity contribution in [2.45, 2.75) is 26.4 Å². The molecule has 0 saturated carbocycles. The lowest BCUT2D eigenvalue weighted by molar-refractivity contribution is -0.122. The molecule has 0 aliphatic carbocycles. The van der Waals surface area contributed by atoms with Crippen LogP contribution in [0.25, 0.3) is 10.9 Å². The maximum atomic E-state index is 13.1.